The lowest BCUT2D eigenvalue weighted by molar-refractivity contribution is -0.155. The molecule has 0 saturated heterocycles. The molecular weight excluding hydrogens is 312 g/mol. The number of hydrogen-bond acceptors (Lipinski definition) is 6. The Labute approximate surface area is 138 Å². The number of hydrazone groups is 1. The molecule has 0 atom stereocenters. The Hall–Kier alpha value is -2.90. The van der Waals surface area contributed by atoms with Crippen molar-refractivity contribution in [2.24, 2.45) is 5.10 Å². The maximum absolute atomic E-state index is 12.4. The summed E-state index contributed by atoms with van der Waals surface area (Å²) in [5.74, 6) is -2.54. The van der Waals surface area contributed by atoms with E-state index in [0.717, 1.165) is 5.01 Å². The van der Waals surface area contributed by atoms with Crippen molar-refractivity contribution in [2.75, 3.05) is 19.2 Å². The summed E-state index contributed by atoms with van der Waals surface area (Å²) in [6.45, 7) is 0. The first kappa shape index (κ1) is 16.0. The Morgan fingerprint density at radius 3 is 2.29 bits per heavy atom. The van der Waals surface area contributed by atoms with Crippen LogP contribution in [0.1, 0.15) is 5.56 Å². The van der Waals surface area contributed by atoms with Crippen LogP contribution in [0.4, 0.5) is 5.69 Å². The van der Waals surface area contributed by atoms with E-state index in [0.29, 0.717) is 22.7 Å². The molecule has 1 amide bonds. The van der Waals surface area contributed by atoms with Crippen LogP contribution in [-0.2, 0) is 4.79 Å². The van der Waals surface area contributed by atoms with Crippen LogP contribution >= 0.6 is 0 Å². The molecule has 24 heavy (non-hydrogen) atoms. The molecule has 0 radical (unpaired) electrons. The van der Waals surface area contributed by atoms with E-state index in [2.05, 4.69) is 5.10 Å². The lowest BCUT2D eigenvalue weighted by atomic mass is 10.0. The fourth-order valence-corrected chi connectivity index (χ4v) is 2.39. The highest BCUT2D eigenvalue weighted by atomic mass is 16.5. The van der Waals surface area contributed by atoms with Gasteiger partial charge < -0.3 is 19.7 Å². The summed E-state index contributed by atoms with van der Waals surface area (Å²) in [5, 5.41) is 25.5. The van der Waals surface area contributed by atoms with Crippen LogP contribution in [0.25, 0.3) is 0 Å². The van der Waals surface area contributed by atoms with Gasteiger partial charge in [-0.25, -0.2) is 0 Å². The number of rotatable bonds is 4. The molecule has 0 aromatic heterocycles. The highest BCUT2D eigenvalue weighted by molar-refractivity contribution is 6.26. The van der Waals surface area contributed by atoms with E-state index in [9.17, 15) is 15.0 Å². The van der Waals surface area contributed by atoms with E-state index in [1.54, 1.807) is 48.5 Å². The van der Waals surface area contributed by atoms with E-state index in [1.165, 1.54) is 14.2 Å². The van der Waals surface area contributed by atoms with Crippen molar-refractivity contribution in [3.63, 3.8) is 0 Å². The average Bonchev–Trinajstić information content (AvgIpc) is 2.85. The second kappa shape index (κ2) is 5.95. The van der Waals surface area contributed by atoms with E-state index >= 15 is 0 Å². The maximum atomic E-state index is 12.4. The third kappa shape index (κ3) is 2.60. The molecule has 0 saturated carbocycles. The SMILES string of the molecule is COc1ccc(N2N=C(c3cccc(OC)c3)C(O)(O)C2=O)cc1. The maximum Gasteiger partial charge on any atom is 0.314 e. The van der Waals surface area contributed by atoms with Gasteiger partial charge in [0, 0.05) is 5.56 Å². The fraction of sp³-hybridized carbons (Fsp3) is 0.176. The van der Waals surface area contributed by atoms with Gasteiger partial charge >= 0.3 is 5.91 Å². The van der Waals surface area contributed by atoms with E-state index < -0.39 is 11.7 Å². The lowest BCUT2D eigenvalue weighted by Crippen LogP contribution is -2.46. The van der Waals surface area contributed by atoms with Gasteiger partial charge in [0.05, 0.1) is 19.9 Å². The number of ether oxygens (including phenoxy) is 2. The van der Waals surface area contributed by atoms with Crippen molar-refractivity contribution in [3.05, 3.63) is 54.1 Å². The van der Waals surface area contributed by atoms with Gasteiger partial charge in [0.1, 0.15) is 17.2 Å². The minimum Gasteiger partial charge on any atom is -0.497 e. The quantitative estimate of drug-likeness (QED) is 0.821. The third-order valence-electron chi connectivity index (χ3n) is 3.68. The van der Waals surface area contributed by atoms with E-state index in [4.69, 9.17) is 9.47 Å². The van der Waals surface area contributed by atoms with Gasteiger partial charge in [0.15, 0.2) is 0 Å². The average molecular weight is 328 g/mol. The largest absolute Gasteiger partial charge is 0.497 e. The minimum atomic E-state index is -2.72. The van der Waals surface area contributed by atoms with Gasteiger partial charge in [-0.1, -0.05) is 12.1 Å². The second-order valence-electron chi connectivity index (χ2n) is 5.17. The summed E-state index contributed by atoms with van der Waals surface area (Å²) in [4.78, 5) is 12.4. The van der Waals surface area contributed by atoms with Crippen LogP contribution < -0.4 is 14.5 Å². The summed E-state index contributed by atoms with van der Waals surface area (Å²) in [6.07, 6.45) is 0. The molecular formula is C17H16N2O5. The Morgan fingerprint density at radius 2 is 1.67 bits per heavy atom. The highest BCUT2D eigenvalue weighted by Gasteiger charge is 2.49. The predicted molar refractivity (Wildman–Crippen MR) is 87.2 cm³/mol. The van der Waals surface area contributed by atoms with Crippen LogP contribution in [0.15, 0.2) is 53.6 Å². The van der Waals surface area contributed by atoms with Crippen LogP contribution in [0.3, 0.4) is 0 Å². The topological polar surface area (TPSA) is 91.6 Å². The third-order valence-corrected chi connectivity index (χ3v) is 3.68. The Kier molecular flexibility index (Phi) is 3.96. The Balaban J connectivity index is 2.02. The molecule has 7 nitrogen and oxygen atoms in total. The standard InChI is InChI=1S/C17H16N2O5/c1-23-13-8-6-12(7-9-13)19-16(20)17(21,22)15(18-19)11-4-3-5-14(10-11)24-2/h3-10,21-22H,1-2H3. The fourth-order valence-electron chi connectivity index (χ4n) is 2.39. The second-order valence-corrected chi connectivity index (χ2v) is 5.17. The van der Waals surface area contributed by atoms with E-state index in [1.807, 2.05) is 0 Å². The summed E-state index contributed by atoms with van der Waals surface area (Å²) in [6, 6.07) is 13.1. The summed E-state index contributed by atoms with van der Waals surface area (Å²) >= 11 is 0. The number of aliphatic hydroxyl groups is 2. The molecule has 0 unspecified atom stereocenters. The van der Waals surface area contributed by atoms with Crippen LogP contribution in [0.5, 0.6) is 11.5 Å². The number of anilines is 1. The van der Waals surface area contributed by atoms with Crippen molar-refractivity contribution in [1.82, 2.24) is 0 Å². The number of nitrogens with zero attached hydrogens (tertiary/aromatic N) is 2. The van der Waals surface area contributed by atoms with Gasteiger partial charge in [-0.2, -0.15) is 10.1 Å². The minimum absolute atomic E-state index is 0.165. The zero-order valence-electron chi connectivity index (χ0n) is 13.1. The van der Waals surface area contributed by atoms with Gasteiger partial charge in [0.2, 0.25) is 0 Å². The molecule has 0 aliphatic carbocycles. The monoisotopic (exact) mass is 328 g/mol. The number of hydrogen-bond donors (Lipinski definition) is 2. The first-order valence-corrected chi connectivity index (χ1v) is 7.14. The van der Waals surface area contributed by atoms with Gasteiger partial charge in [-0.3, -0.25) is 4.79 Å². The zero-order chi connectivity index (χ0) is 17.3. The van der Waals surface area contributed by atoms with Crippen LogP contribution in [0.2, 0.25) is 0 Å². The van der Waals surface area contributed by atoms with Crippen molar-refractivity contribution in [1.29, 1.82) is 0 Å². The molecule has 2 N–H and O–H groups in total. The zero-order valence-corrected chi connectivity index (χ0v) is 13.1. The summed E-state index contributed by atoms with van der Waals surface area (Å²) in [5.41, 5.74) is 0.608. The summed E-state index contributed by atoms with van der Waals surface area (Å²) in [7, 11) is 3.02. The molecule has 0 fully saturated rings. The number of methoxy groups -OCH3 is 2. The Bertz CT molecular complexity index is 799. The molecule has 0 spiro atoms. The van der Waals surface area contributed by atoms with E-state index in [-0.39, 0.29) is 5.71 Å². The summed E-state index contributed by atoms with van der Waals surface area (Å²) < 4.78 is 10.2. The smallest absolute Gasteiger partial charge is 0.314 e. The number of carbonyl (C=O) groups is 1. The molecule has 124 valence electrons. The van der Waals surface area contributed by atoms with Crippen molar-refractivity contribution < 1.29 is 24.5 Å². The molecule has 1 heterocycles. The predicted octanol–water partition coefficient (Wildman–Crippen LogP) is 1.14. The number of carbonyl (C=O) groups excluding carboxylic acids is 1. The molecule has 2 aromatic carbocycles. The first-order chi connectivity index (χ1) is 11.5. The van der Waals surface area contributed by atoms with Crippen LogP contribution in [-0.4, -0.2) is 41.8 Å². The van der Waals surface area contributed by atoms with Crippen molar-refractivity contribution in [2.45, 2.75) is 5.79 Å². The Morgan fingerprint density at radius 1 is 1.00 bits per heavy atom. The van der Waals surface area contributed by atoms with Gasteiger partial charge in [-0.15, -0.1) is 0 Å². The van der Waals surface area contributed by atoms with Crippen molar-refractivity contribution in [3.8, 4) is 11.5 Å². The number of benzene rings is 2. The lowest BCUT2D eigenvalue weighted by Gasteiger charge is -2.17. The van der Waals surface area contributed by atoms with Gasteiger partial charge in [0.25, 0.3) is 5.79 Å². The number of amides is 1. The molecule has 1 aliphatic rings. The molecule has 0 bridgehead atoms. The molecule has 2 aromatic rings. The normalized spacial score (nSPS) is 16.1. The molecule has 7 heteroatoms. The van der Waals surface area contributed by atoms with Crippen molar-refractivity contribution >= 4 is 17.3 Å². The molecule has 3 rings (SSSR count). The van der Waals surface area contributed by atoms with Gasteiger partial charge in [-0.05, 0) is 36.4 Å². The first-order valence-electron chi connectivity index (χ1n) is 7.14. The van der Waals surface area contributed by atoms with Crippen LogP contribution in [0, 0.1) is 0 Å². The highest BCUT2D eigenvalue weighted by Crippen LogP contribution is 2.30. The molecule has 1 aliphatic heterocycles.